The van der Waals surface area contributed by atoms with E-state index in [1.54, 1.807) is 25.3 Å². The third-order valence-corrected chi connectivity index (χ3v) is 10.8. The number of aromatic nitrogens is 2. The molecule has 10 heteroatoms. The van der Waals surface area contributed by atoms with E-state index in [9.17, 15) is 9.59 Å². The third-order valence-electron chi connectivity index (χ3n) is 10.8. The summed E-state index contributed by atoms with van der Waals surface area (Å²) in [5.74, 6) is 3.51. The first-order chi connectivity index (χ1) is 22.2. The molecule has 2 aliphatic carbocycles. The molecule has 250 valence electrons. The van der Waals surface area contributed by atoms with Crippen LogP contribution in [0.4, 0.5) is 23.1 Å². The summed E-state index contributed by atoms with van der Waals surface area (Å²) in [4.78, 5) is 47.2. The molecule has 1 amide bonds. The predicted molar refractivity (Wildman–Crippen MR) is 184 cm³/mol. The van der Waals surface area contributed by atoms with E-state index in [1.807, 2.05) is 37.1 Å². The monoisotopic (exact) mass is 631 g/mol. The number of ether oxygens (including phenoxy) is 1. The molecule has 0 radical (unpaired) electrons. The van der Waals surface area contributed by atoms with Crippen LogP contribution in [-0.2, 0) is 4.79 Å². The Morgan fingerprint density at radius 1 is 1.04 bits per heavy atom. The first-order valence-corrected chi connectivity index (χ1v) is 17.5. The van der Waals surface area contributed by atoms with Crippen molar-refractivity contribution in [2.45, 2.75) is 90.3 Å². The zero-order chi connectivity index (χ0) is 32.5. The summed E-state index contributed by atoms with van der Waals surface area (Å²) >= 11 is 0. The van der Waals surface area contributed by atoms with Gasteiger partial charge in [0.05, 0.1) is 19.0 Å². The standard InChI is InChI=1S/C36H53N7O3/c1-7-29-35(45)39(4)31-22-37-36(38-34(31)43(29)24(2)3)40(5)30-15-12-27(21-33(30)46-6)32(44)20-25-10-13-28(14-11-25)42-18-16-41(17-19-42)23-26-8-9-26/h12,15,21-22,24-26,28-29H,7-11,13-14,16-20,23H2,1-6H3/t25?,28?,29-/m1/s1. The highest BCUT2D eigenvalue weighted by molar-refractivity contribution is 6.04. The molecule has 46 heavy (non-hydrogen) atoms. The lowest BCUT2D eigenvalue weighted by atomic mass is 9.81. The molecule has 1 atom stereocenters. The fourth-order valence-electron chi connectivity index (χ4n) is 7.84. The molecule has 3 fully saturated rings. The van der Waals surface area contributed by atoms with Crippen LogP contribution in [0.25, 0.3) is 0 Å². The van der Waals surface area contributed by atoms with Gasteiger partial charge in [0.25, 0.3) is 0 Å². The first kappa shape index (κ1) is 32.7. The molecule has 1 saturated heterocycles. The van der Waals surface area contributed by atoms with Gasteiger partial charge in [-0.15, -0.1) is 0 Å². The quantitative estimate of drug-likeness (QED) is 0.304. The number of likely N-dealkylation sites (N-methyl/N-ethyl adjacent to an activating group) is 1. The molecule has 2 aromatic rings. The van der Waals surface area contributed by atoms with Crippen molar-refractivity contribution >= 4 is 34.8 Å². The number of benzene rings is 1. The number of carbonyl (C=O) groups is 2. The molecular formula is C36H53N7O3. The lowest BCUT2D eigenvalue weighted by molar-refractivity contribution is -0.120. The van der Waals surface area contributed by atoms with E-state index in [-0.39, 0.29) is 23.8 Å². The van der Waals surface area contributed by atoms with Gasteiger partial charge in [0.2, 0.25) is 11.9 Å². The number of rotatable bonds is 11. The second-order valence-corrected chi connectivity index (χ2v) is 14.2. The molecule has 0 spiro atoms. The number of methoxy groups -OCH3 is 1. The lowest BCUT2D eigenvalue weighted by Crippen LogP contribution is -2.55. The second kappa shape index (κ2) is 13.9. The molecule has 3 heterocycles. The minimum absolute atomic E-state index is 0.0563. The molecule has 2 saturated carbocycles. The Bertz CT molecular complexity index is 1400. The summed E-state index contributed by atoms with van der Waals surface area (Å²) in [6.45, 7) is 12.3. The Labute approximate surface area is 275 Å². The highest BCUT2D eigenvalue weighted by Gasteiger charge is 2.39. The van der Waals surface area contributed by atoms with E-state index < -0.39 is 0 Å². The van der Waals surface area contributed by atoms with Crippen LogP contribution in [-0.4, -0.2) is 104 Å². The molecule has 6 rings (SSSR count). The largest absolute Gasteiger partial charge is 0.495 e. The number of nitrogens with zero attached hydrogens (tertiary/aromatic N) is 7. The number of piperazine rings is 1. The van der Waals surface area contributed by atoms with Crippen LogP contribution in [0, 0.1) is 11.8 Å². The number of hydrogen-bond donors (Lipinski definition) is 0. The Morgan fingerprint density at radius 2 is 1.74 bits per heavy atom. The first-order valence-electron chi connectivity index (χ1n) is 17.5. The maximum Gasteiger partial charge on any atom is 0.249 e. The molecule has 2 aliphatic heterocycles. The minimum Gasteiger partial charge on any atom is -0.495 e. The number of amides is 1. The molecular weight excluding hydrogens is 578 g/mol. The summed E-state index contributed by atoms with van der Waals surface area (Å²) in [5, 5.41) is 0. The Balaban J connectivity index is 1.08. The van der Waals surface area contributed by atoms with Crippen molar-refractivity contribution in [2.75, 3.05) is 68.6 Å². The summed E-state index contributed by atoms with van der Waals surface area (Å²) < 4.78 is 5.80. The Morgan fingerprint density at radius 3 is 2.37 bits per heavy atom. The van der Waals surface area contributed by atoms with Crippen molar-refractivity contribution in [3.8, 4) is 5.75 Å². The van der Waals surface area contributed by atoms with Gasteiger partial charge < -0.3 is 24.3 Å². The van der Waals surface area contributed by atoms with Crippen LogP contribution < -0.4 is 19.4 Å². The number of anilines is 4. The van der Waals surface area contributed by atoms with Crippen LogP contribution in [0.5, 0.6) is 5.75 Å². The van der Waals surface area contributed by atoms with Crippen molar-refractivity contribution in [1.82, 2.24) is 19.8 Å². The molecule has 1 aromatic carbocycles. The van der Waals surface area contributed by atoms with Crippen LogP contribution in [0.2, 0.25) is 0 Å². The van der Waals surface area contributed by atoms with E-state index in [0.717, 1.165) is 30.3 Å². The molecule has 0 N–H and O–H groups in total. The van der Waals surface area contributed by atoms with E-state index in [1.165, 1.54) is 58.4 Å². The van der Waals surface area contributed by atoms with Gasteiger partial charge >= 0.3 is 0 Å². The van der Waals surface area contributed by atoms with Crippen molar-refractivity contribution in [2.24, 2.45) is 11.8 Å². The molecule has 4 aliphatic rings. The lowest BCUT2D eigenvalue weighted by Gasteiger charge is -2.42. The highest BCUT2D eigenvalue weighted by Crippen LogP contribution is 2.39. The molecule has 0 unspecified atom stereocenters. The normalized spacial score (nSPS) is 24.3. The Kier molecular flexibility index (Phi) is 9.85. The number of carbonyl (C=O) groups excluding carboxylic acids is 2. The molecule has 0 bridgehead atoms. The summed E-state index contributed by atoms with van der Waals surface area (Å²) in [6.07, 6.45) is 10.5. The zero-order valence-electron chi connectivity index (χ0n) is 28.7. The number of hydrogen-bond acceptors (Lipinski definition) is 9. The van der Waals surface area contributed by atoms with E-state index in [0.29, 0.717) is 47.8 Å². The third kappa shape index (κ3) is 6.74. The van der Waals surface area contributed by atoms with Gasteiger partial charge in [0.15, 0.2) is 11.6 Å². The SMILES string of the molecule is CC[C@@H]1C(=O)N(C)c2cnc(N(C)c3ccc(C(=O)CC4CCC(N5CCN(CC6CC6)CC5)CC4)cc3OC)nc2N1C(C)C. The Hall–Kier alpha value is -3.24. The maximum atomic E-state index is 13.5. The fourth-order valence-corrected chi connectivity index (χ4v) is 7.84. The second-order valence-electron chi connectivity index (χ2n) is 14.2. The van der Waals surface area contributed by atoms with Crippen molar-refractivity contribution < 1.29 is 14.3 Å². The predicted octanol–water partition coefficient (Wildman–Crippen LogP) is 5.38. The smallest absolute Gasteiger partial charge is 0.249 e. The fraction of sp³-hybridized carbons (Fsp3) is 0.667. The van der Waals surface area contributed by atoms with Crippen LogP contribution in [0.1, 0.15) is 82.5 Å². The molecule has 10 nitrogen and oxygen atoms in total. The van der Waals surface area contributed by atoms with Crippen LogP contribution >= 0.6 is 0 Å². The number of fused-ring (bicyclic) bond motifs is 1. The van der Waals surface area contributed by atoms with Gasteiger partial charge in [-0.2, -0.15) is 4.98 Å². The maximum absolute atomic E-state index is 13.5. The van der Waals surface area contributed by atoms with Crippen molar-refractivity contribution in [3.05, 3.63) is 30.0 Å². The zero-order valence-corrected chi connectivity index (χ0v) is 28.7. The van der Waals surface area contributed by atoms with Crippen molar-refractivity contribution in [1.29, 1.82) is 0 Å². The van der Waals surface area contributed by atoms with Gasteiger partial charge in [-0.05, 0) is 88.8 Å². The van der Waals surface area contributed by atoms with Gasteiger partial charge in [-0.25, -0.2) is 4.98 Å². The van der Waals surface area contributed by atoms with Gasteiger partial charge in [0.1, 0.15) is 17.5 Å². The van der Waals surface area contributed by atoms with Gasteiger partial charge in [0, 0.05) is 70.9 Å². The minimum atomic E-state index is -0.271. The van der Waals surface area contributed by atoms with E-state index >= 15 is 0 Å². The summed E-state index contributed by atoms with van der Waals surface area (Å²) in [5.41, 5.74) is 2.17. The summed E-state index contributed by atoms with van der Waals surface area (Å²) in [7, 11) is 5.33. The van der Waals surface area contributed by atoms with E-state index in [2.05, 4.69) is 33.5 Å². The van der Waals surface area contributed by atoms with Gasteiger partial charge in [-0.3, -0.25) is 14.5 Å². The van der Waals surface area contributed by atoms with E-state index in [4.69, 9.17) is 9.72 Å². The number of ketones is 1. The van der Waals surface area contributed by atoms with Crippen LogP contribution in [0.15, 0.2) is 24.4 Å². The highest BCUT2D eigenvalue weighted by atomic mass is 16.5. The molecule has 1 aromatic heterocycles. The topological polar surface area (TPSA) is 85.4 Å². The average molecular weight is 632 g/mol. The summed E-state index contributed by atoms with van der Waals surface area (Å²) in [6, 6.07) is 6.20. The average Bonchev–Trinajstić information content (AvgIpc) is 3.90. The van der Waals surface area contributed by atoms with Crippen molar-refractivity contribution in [3.63, 3.8) is 0 Å². The van der Waals surface area contributed by atoms with Gasteiger partial charge in [-0.1, -0.05) is 6.92 Å². The number of Topliss-reactive ketones (excluding diaryl/α,β-unsaturated/α-hetero) is 1. The van der Waals surface area contributed by atoms with Crippen LogP contribution in [0.3, 0.4) is 0 Å².